The Balaban J connectivity index is 2.03. The Kier molecular flexibility index (Phi) is 3.04. The highest BCUT2D eigenvalue weighted by atomic mass is 19.4. The molecule has 2 aromatic rings. The molecule has 0 spiro atoms. The van der Waals surface area contributed by atoms with Crippen molar-refractivity contribution in [3.63, 3.8) is 0 Å². The summed E-state index contributed by atoms with van der Waals surface area (Å²) in [5, 5.41) is 2.05. The predicted octanol–water partition coefficient (Wildman–Crippen LogP) is 4.52. The van der Waals surface area contributed by atoms with Gasteiger partial charge in [0.1, 0.15) is 0 Å². The van der Waals surface area contributed by atoms with Crippen molar-refractivity contribution >= 4 is 16.5 Å². The molecule has 1 aliphatic rings. The second-order valence-electron chi connectivity index (χ2n) is 5.21. The largest absolute Gasteiger partial charge is 0.393 e. The molecule has 3 rings (SSSR count). The lowest BCUT2D eigenvalue weighted by molar-refractivity contribution is -0.167. The van der Waals surface area contributed by atoms with E-state index in [1.54, 1.807) is 0 Å². The highest BCUT2D eigenvalue weighted by molar-refractivity contribution is 6.12. The van der Waals surface area contributed by atoms with Gasteiger partial charge >= 0.3 is 6.18 Å². The van der Waals surface area contributed by atoms with Crippen molar-refractivity contribution in [2.75, 3.05) is 6.54 Å². The van der Waals surface area contributed by atoms with Crippen molar-refractivity contribution in [1.29, 1.82) is 0 Å². The van der Waals surface area contributed by atoms with E-state index in [9.17, 15) is 13.2 Å². The molecule has 1 unspecified atom stereocenters. The molecule has 0 saturated heterocycles. The zero-order chi connectivity index (χ0) is 14.3. The molecule has 2 aromatic carbocycles. The third kappa shape index (κ3) is 2.19. The van der Waals surface area contributed by atoms with Gasteiger partial charge in [-0.3, -0.25) is 4.99 Å². The fourth-order valence-corrected chi connectivity index (χ4v) is 2.70. The number of rotatable bonds is 1. The second kappa shape index (κ2) is 4.62. The van der Waals surface area contributed by atoms with Gasteiger partial charge in [-0.1, -0.05) is 36.4 Å². The minimum atomic E-state index is -4.16. The Bertz CT molecular complexity index is 686. The average Bonchev–Trinajstić information content (AvgIpc) is 2.89. The zero-order valence-corrected chi connectivity index (χ0v) is 11.0. The third-order valence-corrected chi connectivity index (χ3v) is 3.86. The molecule has 1 nitrogen and oxygen atoms in total. The highest BCUT2D eigenvalue weighted by Crippen LogP contribution is 2.35. The van der Waals surface area contributed by atoms with Gasteiger partial charge in [-0.25, -0.2) is 0 Å². The maximum absolute atomic E-state index is 12.8. The molecule has 0 N–H and O–H groups in total. The number of halogens is 3. The zero-order valence-electron chi connectivity index (χ0n) is 11.0. The molecule has 0 aliphatic carbocycles. The van der Waals surface area contributed by atoms with Crippen LogP contribution in [-0.2, 0) is 0 Å². The quantitative estimate of drug-likeness (QED) is 0.726. The van der Waals surface area contributed by atoms with Crippen molar-refractivity contribution in [2.24, 2.45) is 10.9 Å². The van der Waals surface area contributed by atoms with E-state index in [1.165, 1.54) is 0 Å². The van der Waals surface area contributed by atoms with Crippen molar-refractivity contribution in [3.05, 3.63) is 47.5 Å². The molecule has 0 amide bonds. The first-order valence-electron chi connectivity index (χ1n) is 6.55. The monoisotopic (exact) mass is 277 g/mol. The van der Waals surface area contributed by atoms with Gasteiger partial charge in [0.15, 0.2) is 0 Å². The smallest absolute Gasteiger partial charge is 0.288 e. The predicted molar refractivity (Wildman–Crippen MR) is 74.3 cm³/mol. The molecule has 0 saturated carbocycles. The number of benzene rings is 2. The average molecular weight is 277 g/mol. The molecular formula is C16H14F3N. The minimum Gasteiger partial charge on any atom is -0.288 e. The van der Waals surface area contributed by atoms with Gasteiger partial charge in [0, 0.05) is 17.7 Å². The number of aliphatic imine (C=N–C) groups is 1. The van der Waals surface area contributed by atoms with E-state index >= 15 is 0 Å². The first-order valence-corrected chi connectivity index (χ1v) is 6.55. The summed E-state index contributed by atoms with van der Waals surface area (Å²) in [5.74, 6) is -1.34. The Morgan fingerprint density at radius 3 is 2.40 bits per heavy atom. The van der Waals surface area contributed by atoms with Crippen LogP contribution in [0.15, 0.2) is 41.4 Å². The Hall–Kier alpha value is -1.84. The fourth-order valence-electron chi connectivity index (χ4n) is 2.70. The summed E-state index contributed by atoms with van der Waals surface area (Å²) in [7, 11) is 0. The van der Waals surface area contributed by atoms with Crippen LogP contribution in [0, 0.1) is 12.8 Å². The van der Waals surface area contributed by atoms with Crippen LogP contribution in [-0.4, -0.2) is 18.4 Å². The van der Waals surface area contributed by atoms with Gasteiger partial charge in [-0.05, 0) is 23.3 Å². The topological polar surface area (TPSA) is 12.4 Å². The summed E-state index contributed by atoms with van der Waals surface area (Å²) < 4.78 is 38.3. The highest BCUT2D eigenvalue weighted by Gasteiger charge is 2.42. The summed E-state index contributed by atoms with van der Waals surface area (Å²) in [4.78, 5) is 4.13. The molecule has 1 atom stereocenters. The molecule has 1 heterocycles. The SMILES string of the molecule is Cc1ccc(C2=NCC(C(F)(F)F)C2)c2ccccc12. The molecule has 104 valence electrons. The van der Waals surface area contributed by atoms with E-state index in [0.29, 0.717) is 5.71 Å². The maximum atomic E-state index is 12.8. The Morgan fingerprint density at radius 2 is 1.75 bits per heavy atom. The minimum absolute atomic E-state index is 0.0173. The maximum Gasteiger partial charge on any atom is 0.393 e. The second-order valence-corrected chi connectivity index (χ2v) is 5.21. The number of nitrogens with zero attached hydrogens (tertiary/aromatic N) is 1. The molecule has 0 aromatic heterocycles. The van der Waals surface area contributed by atoms with Gasteiger partial charge in [0.2, 0.25) is 0 Å². The first kappa shape index (κ1) is 13.2. The van der Waals surface area contributed by atoms with Crippen molar-refractivity contribution in [3.8, 4) is 0 Å². The number of aryl methyl sites for hydroxylation is 1. The van der Waals surface area contributed by atoms with E-state index < -0.39 is 12.1 Å². The summed E-state index contributed by atoms with van der Waals surface area (Å²) in [6, 6.07) is 11.6. The van der Waals surface area contributed by atoms with Crippen LogP contribution in [0.2, 0.25) is 0 Å². The normalized spacial score (nSPS) is 19.4. The molecule has 0 fully saturated rings. The first-order chi connectivity index (χ1) is 9.47. The van der Waals surface area contributed by atoms with Crippen LogP contribution in [0.1, 0.15) is 17.5 Å². The molecule has 0 radical (unpaired) electrons. The lowest BCUT2D eigenvalue weighted by Gasteiger charge is -2.13. The molecule has 20 heavy (non-hydrogen) atoms. The molecule has 4 heteroatoms. The summed E-state index contributed by atoms with van der Waals surface area (Å²) in [5.41, 5.74) is 2.52. The van der Waals surface area contributed by atoms with E-state index in [-0.39, 0.29) is 13.0 Å². The summed E-state index contributed by atoms with van der Waals surface area (Å²) in [6.45, 7) is 1.85. The number of alkyl halides is 3. The number of hydrogen-bond donors (Lipinski definition) is 0. The van der Waals surface area contributed by atoms with Crippen LogP contribution < -0.4 is 0 Å². The van der Waals surface area contributed by atoms with Crippen molar-refractivity contribution in [2.45, 2.75) is 19.5 Å². The van der Waals surface area contributed by atoms with Crippen LogP contribution in [0.4, 0.5) is 13.2 Å². The van der Waals surface area contributed by atoms with Crippen LogP contribution in [0.3, 0.4) is 0 Å². The molecule has 0 bridgehead atoms. The van der Waals surface area contributed by atoms with Crippen LogP contribution in [0.5, 0.6) is 0 Å². The lowest BCUT2D eigenvalue weighted by Crippen LogP contribution is -2.23. The van der Waals surface area contributed by atoms with E-state index in [0.717, 1.165) is 21.9 Å². The standard InChI is InChI=1S/C16H14F3N/c1-10-6-7-14(13-5-3-2-4-12(10)13)15-8-11(9-20-15)16(17,18)19/h2-7,11H,8-9H2,1H3. The van der Waals surface area contributed by atoms with Crippen LogP contribution in [0.25, 0.3) is 10.8 Å². The number of hydrogen-bond acceptors (Lipinski definition) is 1. The Morgan fingerprint density at radius 1 is 1.05 bits per heavy atom. The Labute approximate surface area is 115 Å². The lowest BCUT2D eigenvalue weighted by atomic mass is 9.94. The van der Waals surface area contributed by atoms with E-state index in [2.05, 4.69) is 4.99 Å². The molecular weight excluding hydrogens is 263 g/mol. The number of fused-ring (bicyclic) bond motifs is 1. The summed E-state index contributed by atoms with van der Waals surface area (Å²) in [6.07, 6.45) is -4.18. The van der Waals surface area contributed by atoms with Crippen molar-refractivity contribution < 1.29 is 13.2 Å². The van der Waals surface area contributed by atoms with Gasteiger partial charge in [-0.2, -0.15) is 13.2 Å². The van der Waals surface area contributed by atoms with Gasteiger partial charge in [0.25, 0.3) is 0 Å². The van der Waals surface area contributed by atoms with Gasteiger partial charge < -0.3 is 0 Å². The van der Waals surface area contributed by atoms with E-state index in [1.807, 2.05) is 43.3 Å². The summed E-state index contributed by atoms with van der Waals surface area (Å²) >= 11 is 0. The van der Waals surface area contributed by atoms with Gasteiger partial charge in [-0.15, -0.1) is 0 Å². The fraction of sp³-hybridized carbons (Fsp3) is 0.312. The third-order valence-electron chi connectivity index (χ3n) is 3.86. The van der Waals surface area contributed by atoms with E-state index in [4.69, 9.17) is 0 Å². The molecule has 1 aliphatic heterocycles. The van der Waals surface area contributed by atoms with Crippen LogP contribution >= 0.6 is 0 Å². The van der Waals surface area contributed by atoms with Gasteiger partial charge in [0.05, 0.1) is 12.5 Å². The van der Waals surface area contributed by atoms with Crippen molar-refractivity contribution in [1.82, 2.24) is 0 Å².